The first-order valence-corrected chi connectivity index (χ1v) is 3.96. The molecule has 0 N–H and O–H groups in total. The van der Waals surface area contributed by atoms with Crippen LogP contribution < -0.4 is 24.0 Å². The molecule has 0 saturated heterocycles. The minimum atomic E-state index is -0.214. The molecular weight excluding hydrogens is 171 g/mol. The van der Waals surface area contributed by atoms with Crippen LogP contribution >= 0.6 is 0 Å². The average Bonchev–Trinajstić information content (AvgIpc) is 2.17. The third kappa shape index (κ3) is 1.82. The van der Waals surface area contributed by atoms with E-state index in [1.165, 1.54) is 6.07 Å². The number of benzene rings is 2. The Balaban J connectivity index is 0.000000980. The predicted molar refractivity (Wildman–Crippen MR) is 48.8 cm³/mol. The van der Waals surface area contributed by atoms with Crippen molar-refractivity contribution in [1.29, 1.82) is 0 Å². The number of carbonyl (C=O) groups excluding carboxylic acids is 1. The van der Waals surface area contributed by atoms with E-state index in [1.54, 1.807) is 6.07 Å². The topological polar surface area (TPSA) is 40.1 Å². The maximum Gasteiger partial charge on any atom is 1.00 e. The summed E-state index contributed by atoms with van der Waals surface area (Å²) in [6, 6.07) is 10.6. The van der Waals surface area contributed by atoms with Gasteiger partial charge in [-0.05, 0) is 16.8 Å². The monoisotopic (exact) mass is 178 g/mol. The molecule has 64 valence electrons. The number of hydrogen-bond acceptors (Lipinski definition) is 2. The van der Waals surface area contributed by atoms with Crippen LogP contribution in [0.2, 0.25) is 0 Å². The van der Waals surface area contributed by atoms with Crippen molar-refractivity contribution in [3.05, 3.63) is 42.0 Å². The van der Waals surface area contributed by atoms with Crippen molar-refractivity contribution >= 4 is 17.1 Å². The number of aldehydes is 1. The summed E-state index contributed by atoms with van der Waals surface area (Å²) in [5, 5.41) is 13.0. The van der Waals surface area contributed by atoms with E-state index in [0.717, 1.165) is 10.8 Å². The van der Waals surface area contributed by atoms with E-state index >= 15 is 0 Å². The molecule has 0 aliphatic carbocycles. The Morgan fingerprint density at radius 3 is 2.21 bits per heavy atom. The zero-order valence-corrected chi connectivity index (χ0v) is 7.86. The zero-order valence-electron chi connectivity index (χ0n) is 7.86. The fourth-order valence-corrected chi connectivity index (χ4v) is 1.33. The van der Waals surface area contributed by atoms with Gasteiger partial charge in [0.2, 0.25) is 0 Å². The van der Waals surface area contributed by atoms with Crippen LogP contribution in [0.5, 0.6) is 5.75 Å². The van der Waals surface area contributed by atoms with Crippen LogP contribution in [-0.4, -0.2) is 6.29 Å². The molecule has 0 radical (unpaired) electrons. The van der Waals surface area contributed by atoms with Gasteiger partial charge in [-0.1, -0.05) is 36.1 Å². The van der Waals surface area contributed by atoms with Crippen molar-refractivity contribution < 1.29 is 28.8 Å². The first-order chi connectivity index (χ1) is 6.31. The van der Waals surface area contributed by atoms with E-state index in [0.29, 0.717) is 6.29 Å². The van der Waals surface area contributed by atoms with Gasteiger partial charge in [-0.2, -0.15) is 0 Å². The summed E-state index contributed by atoms with van der Waals surface area (Å²) in [6.45, 7) is 0. The van der Waals surface area contributed by atoms with E-state index < -0.39 is 0 Å². The number of hydrogen-bond donors (Lipinski definition) is 0. The molecule has 0 unspecified atom stereocenters. The van der Waals surface area contributed by atoms with Crippen molar-refractivity contribution in [3.8, 4) is 5.75 Å². The Morgan fingerprint density at radius 1 is 1.07 bits per heavy atom. The van der Waals surface area contributed by atoms with Crippen LogP contribution in [-0.2, 0) is 0 Å². The van der Waals surface area contributed by atoms with Crippen molar-refractivity contribution in [2.24, 2.45) is 0 Å². The smallest absolute Gasteiger partial charge is 0.872 e. The fourth-order valence-electron chi connectivity index (χ4n) is 1.33. The van der Waals surface area contributed by atoms with Gasteiger partial charge in [-0.15, -0.1) is 0 Å². The number of carbonyl (C=O) groups is 1. The van der Waals surface area contributed by atoms with Gasteiger partial charge >= 0.3 is 18.9 Å². The summed E-state index contributed by atoms with van der Waals surface area (Å²) in [6.07, 6.45) is 0.592. The molecule has 0 fully saturated rings. The third-order valence-corrected chi connectivity index (χ3v) is 2.01. The summed E-state index contributed by atoms with van der Waals surface area (Å²) in [5.41, 5.74) is 0.221. The summed E-state index contributed by atoms with van der Waals surface area (Å²) in [5.74, 6) is -0.214. The van der Waals surface area contributed by atoms with Crippen LogP contribution in [0.3, 0.4) is 0 Å². The molecule has 0 amide bonds. The minimum Gasteiger partial charge on any atom is -0.872 e. The molecule has 2 aromatic rings. The quantitative estimate of drug-likeness (QED) is 0.403. The fraction of sp³-hybridized carbons (Fsp3) is 0. The van der Waals surface area contributed by atoms with E-state index in [9.17, 15) is 9.90 Å². The molecule has 0 bridgehead atoms. The van der Waals surface area contributed by atoms with Crippen LogP contribution in [0.1, 0.15) is 10.4 Å². The van der Waals surface area contributed by atoms with E-state index in [-0.39, 0.29) is 30.2 Å². The maximum atomic E-state index is 11.2. The molecule has 2 rings (SSSR count). The molecule has 0 heterocycles. The Kier molecular flexibility index (Phi) is 3.35. The molecule has 0 atom stereocenters. The SMILES string of the molecule is O=Cc1cc2ccccc2cc1[O-].[Li+]. The third-order valence-electron chi connectivity index (χ3n) is 2.01. The van der Waals surface area contributed by atoms with Crippen LogP contribution in [0, 0.1) is 0 Å². The maximum absolute atomic E-state index is 11.2. The second kappa shape index (κ2) is 4.32. The summed E-state index contributed by atoms with van der Waals surface area (Å²) in [7, 11) is 0. The molecule has 0 aliphatic rings. The number of fused-ring (bicyclic) bond motifs is 1. The average molecular weight is 178 g/mol. The van der Waals surface area contributed by atoms with Gasteiger partial charge in [0.1, 0.15) is 6.29 Å². The Labute approximate surface area is 93.7 Å². The van der Waals surface area contributed by atoms with Crippen molar-refractivity contribution in [3.63, 3.8) is 0 Å². The van der Waals surface area contributed by atoms with Crippen LogP contribution in [0.25, 0.3) is 10.8 Å². The van der Waals surface area contributed by atoms with Gasteiger partial charge in [0.15, 0.2) is 0 Å². The van der Waals surface area contributed by atoms with Gasteiger partial charge in [-0.3, -0.25) is 4.79 Å². The molecule has 2 nitrogen and oxygen atoms in total. The minimum absolute atomic E-state index is 0. The molecule has 0 spiro atoms. The van der Waals surface area contributed by atoms with Crippen LogP contribution in [0.4, 0.5) is 0 Å². The number of rotatable bonds is 1. The summed E-state index contributed by atoms with van der Waals surface area (Å²) in [4.78, 5) is 10.5. The summed E-state index contributed by atoms with van der Waals surface area (Å²) >= 11 is 0. The first kappa shape index (κ1) is 10.8. The molecular formula is C11H7LiO2. The molecule has 3 heteroatoms. The zero-order chi connectivity index (χ0) is 9.26. The Bertz CT molecular complexity index is 466. The second-order valence-electron chi connectivity index (χ2n) is 2.86. The Morgan fingerprint density at radius 2 is 1.64 bits per heavy atom. The normalized spacial score (nSPS) is 9.43. The predicted octanol–water partition coefficient (Wildman–Crippen LogP) is -1.27. The van der Waals surface area contributed by atoms with Crippen molar-refractivity contribution in [1.82, 2.24) is 0 Å². The molecule has 0 aliphatic heterocycles. The molecule has 0 aromatic heterocycles. The van der Waals surface area contributed by atoms with E-state index in [4.69, 9.17) is 0 Å². The van der Waals surface area contributed by atoms with E-state index in [2.05, 4.69) is 0 Å². The van der Waals surface area contributed by atoms with Gasteiger partial charge < -0.3 is 5.11 Å². The van der Waals surface area contributed by atoms with Crippen LogP contribution in [0.15, 0.2) is 36.4 Å². The summed E-state index contributed by atoms with van der Waals surface area (Å²) < 4.78 is 0. The van der Waals surface area contributed by atoms with Gasteiger partial charge in [0, 0.05) is 5.56 Å². The first-order valence-electron chi connectivity index (χ1n) is 3.96. The largest absolute Gasteiger partial charge is 1.00 e. The molecule has 2 aromatic carbocycles. The standard InChI is InChI=1S/C11H8O2.Li/c12-7-10-5-8-3-1-2-4-9(8)6-11(10)13;/h1-7,13H;/q;+1/p-1. The molecule has 0 saturated carbocycles. The Hall–Kier alpha value is -1.23. The van der Waals surface area contributed by atoms with Crippen molar-refractivity contribution in [2.75, 3.05) is 0 Å². The molecule has 14 heavy (non-hydrogen) atoms. The van der Waals surface area contributed by atoms with Crippen molar-refractivity contribution in [2.45, 2.75) is 0 Å². The van der Waals surface area contributed by atoms with E-state index in [1.807, 2.05) is 24.3 Å². The second-order valence-corrected chi connectivity index (χ2v) is 2.86. The van der Waals surface area contributed by atoms with Gasteiger partial charge in [-0.25, -0.2) is 0 Å². The van der Waals surface area contributed by atoms with Gasteiger partial charge in [0.05, 0.1) is 0 Å². The van der Waals surface area contributed by atoms with Gasteiger partial charge in [0.25, 0.3) is 0 Å².